The molecular weight excluding hydrogens is 438 g/mol. The zero-order chi connectivity index (χ0) is 22.5. The number of carbonyl (C=O) groups excluding carboxylic acids is 1. The number of hydrogen-bond acceptors (Lipinski definition) is 5. The number of ether oxygens (including phenoxy) is 1. The molecule has 4 aromatic rings. The number of aryl methyl sites for hydroxylation is 1. The van der Waals surface area contributed by atoms with E-state index in [2.05, 4.69) is 29.7 Å². The first-order valence-corrected chi connectivity index (χ1v) is 11.6. The molecule has 0 fully saturated rings. The molecule has 0 radical (unpaired) electrons. The molecule has 0 aliphatic heterocycles. The van der Waals surface area contributed by atoms with Crippen LogP contribution in [0.4, 0.5) is 5.69 Å². The van der Waals surface area contributed by atoms with Crippen LogP contribution in [0.5, 0.6) is 5.75 Å². The Bertz CT molecular complexity index is 1250. The lowest BCUT2D eigenvalue weighted by molar-refractivity contribution is 0.0977. The second kappa shape index (κ2) is 9.89. The molecule has 0 aliphatic carbocycles. The van der Waals surface area contributed by atoms with Crippen molar-refractivity contribution < 1.29 is 9.53 Å². The van der Waals surface area contributed by atoms with Gasteiger partial charge >= 0.3 is 0 Å². The van der Waals surface area contributed by atoms with Crippen molar-refractivity contribution in [2.45, 2.75) is 20.3 Å². The summed E-state index contributed by atoms with van der Waals surface area (Å²) in [5.41, 5.74) is 4.57. The Hall–Kier alpha value is -3.29. The lowest BCUT2D eigenvalue weighted by Gasteiger charge is -2.10. The normalized spacial score (nSPS) is 10.7. The molecule has 0 saturated carbocycles. The molecule has 162 valence electrons. The molecule has 0 atom stereocenters. The standard InChI is InChI=1S/C25H23N3O2S2/c1-3-14-30-20-11-7-17(8-12-20)23(29)28-25(31)26-19-9-5-18(6-10-19)24-27-21-13-4-16(2)15-22(21)32-24/h4-13,15H,3,14H2,1-2H3,(H2,26,28,29,31). The molecule has 4 rings (SSSR count). The van der Waals surface area contributed by atoms with Crippen LogP contribution in [0.25, 0.3) is 20.8 Å². The first-order chi connectivity index (χ1) is 15.5. The highest BCUT2D eigenvalue weighted by Gasteiger charge is 2.10. The second-order valence-corrected chi connectivity index (χ2v) is 8.79. The quantitative estimate of drug-likeness (QED) is 0.335. The fourth-order valence-electron chi connectivity index (χ4n) is 3.11. The Morgan fingerprint density at radius 2 is 1.81 bits per heavy atom. The summed E-state index contributed by atoms with van der Waals surface area (Å²) in [7, 11) is 0. The number of anilines is 1. The third kappa shape index (κ3) is 5.30. The van der Waals surface area contributed by atoms with E-state index < -0.39 is 0 Å². The zero-order valence-corrected chi connectivity index (χ0v) is 19.5. The lowest BCUT2D eigenvalue weighted by Crippen LogP contribution is -2.34. The Kier molecular flexibility index (Phi) is 6.78. The summed E-state index contributed by atoms with van der Waals surface area (Å²) in [5.74, 6) is 0.471. The second-order valence-electron chi connectivity index (χ2n) is 7.35. The molecule has 0 bridgehead atoms. The van der Waals surface area contributed by atoms with E-state index in [0.29, 0.717) is 12.2 Å². The van der Waals surface area contributed by atoms with Gasteiger partial charge in [-0.05, 0) is 91.8 Å². The molecule has 32 heavy (non-hydrogen) atoms. The van der Waals surface area contributed by atoms with Crippen molar-refractivity contribution in [3.05, 3.63) is 77.9 Å². The van der Waals surface area contributed by atoms with Crippen LogP contribution in [0.15, 0.2) is 66.7 Å². The number of carbonyl (C=O) groups is 1. The lowest BCUT2D eigenvalue weighted by atomic mass is 10.2. The summed E-state index contributed by atoms with van der Waals surface area (Å²) in [4.78, 5) is 17.1. The average molecular weight is 462 g/mol. The minimum Gasteiger partial charge on any atom is -0.494 e. The minimum atomic E-state index is -0.272. The number of hydrogen-bond donors (Lipinski definition) is 2. The molecule has 1 aromatic heterocycles. The number of nitrogens with zero attached hydrogens (tertiary/aromatic N) is 1. The molecule has 3 aromatic carbocycles. The third-order valence-corrected chi connectivity index (χ3v) is 6.02. The predicted molar refractivity (Wildman–Crippen MR) is 136 cm³/mol. The average Bonchev–Trinajstić information content (AvgIpc) is 3.21. The first kappa shape index (κ1) is 21.9. The molecule has 0 spiro atoms. The van der Waals surface area contributed by atoms with E-state index in [4.69, 9.17) is 21.9 Å². The van der Waals surface area contributed by atoms with Crippen molar-refractivity contribution in [3.63, 3.8) is 0 Å². The van der Waals surface area contributed by atoms with Gasteiger partial charge in [-0.1, -0.05) is 13.0 Å². The van der Waals surface area contributed by atoms with Gasteiger partial charge < -0.3 is 10.1 Å². The van der Waals surface area contributed by atoms with Gasteiger partial charge in [0.1, 0.15) is 10.8 Å². The maximum Gasteiger partial charge on any atom is 0.257 e. The highest BCUT2D eigenvalue weighted by molar-refractivity contribution is 7.80. The number of benzene rings is 3. The van der Waals surface area contributed by atoms with Crippen LogP contribution in [0.1, 0.15) is 29.3 Å². The number of thiazole rings is 1. The van der Waals surface area contributed by atoms with Crippen LogP contribution < -0.4 is 15.4 Å². The Balaban J connectivity index is 1.36. The van der Waals surface area contributed by atoms with Gasteiger partial charge in [0.25, 0.3) is 5.91 Å². The third-order valence-electron chi connectivity index (χ3n) is 4.75. The summed E-state index contributed by atoms with van der Waals surface area (Å²) in [6, 6.07) is 21.1. The Labute approximate surface area is 196 Å². The summed E-state index contributed by atoms with van der Waals surface area (Å²) in [5, 5.41) is 6.97. The summed E-state index contributed by atoms with van der Waals surface area (Å²) in [6.07, 6.45) is 0.934. The van der Waals surface area contributed by atoms with Gasteiger partial charge in [-0.2, -0.15) is 0 Å². The fourth-order valence-corrected chi connectivity index (χ4v) is 4.39. The maximum absolute atomic E-state index is 12.4. The molecule has 5 nitrogen and oxygen atoms in total. The van der Waals surface area contributed by atoms with E-state index in [9.17, 15) is 4.79 Å². The number of fused-ring (bicyclic) bond motifs is 1. The van der Waals surface area contributed by atoms with Crippen molar-refractivity contribution in [1.82, 2.24) is 10.3 Å². The monoisotopic (exact) mass is 461 g/mol. The van der Waals surface area contributed by atoms with Crippen molar-refractivity contribution in [1.29, 1.82) is 0 Å². The maximum atomic E-state index is 12.4. The predicted octanol–water partition coefficient (Wildman–Crippen LogP) is 6.19. The largest absolute Gasteiger partial charge is 0.494 e. The van der Waals surface area contributed by atoms with E-state index >= 15 is 0 Å². The zero-order valence-electron chi connectivity index (χ0n) is 17.8. The highest BCUT2D eigenvalue weighted by atomic mass is 32.1. The van der Waals surface area contributed by atoms with Gasteiger partial charge in [-0.3, -0.25) is 10.1 Å². The van der Waals surface area contributed by atoms with Gasteiger partial charge in [-0.15, -0.1) is 11.3 Å². The van der Waals surface area contributed by atoms with Gasteiger partial charge in [-0.25, -0.2) is 4.98 Å². The van der Waals surface area contributed by atoms with E-state index in [1.54, 1.807) is 35.6 Å². The van der Waals surface area contributed by atoms with E-state index in [1.807, 2.05) is 37.3 Å². The van der Waals surface area contributed by atoms with Gasteiger partial charge in [0, 0.05) is 16.8 Å². The van der Waals surface area contributed by atoms with Gasteiger partial charge in [0.2, 0.25) is 0 Å². The molecule has 1 heterocycles. The first-order valence-electron chi connectivity index (χ1n) is 10.3. The summed E-state index contributed by atoms with van der Waals surface area (Å²) >= 11 is 6.97. The van der Waals surface area contributed by atoms with Crippen LogP contribution in [-0.4, -0.2) is 22.6 Å². The molecule has 0 aliphatic rings. The van der Waals surface area contributed by atoms with Crippen molar-refractivity contribution in [3.8, 4) is 16.3 Å². The Morgan fingerprint density at radius 1 is 1.06 bits per heavy atom. The van der Waals surface area contributed by atoms with Crippen molar-refractivity contribution in [2.24, 2.45) is 0 Å². The van der Waals surface area contributed by atoms with Crippen molar-refractivity contribution in [2.75, 3.05) is 11.9 Å². The summed E-state index contributed by atoms with van der Waals surface area (Å²) in [6.45, 7) is 4.78. The fraction of sp³-hybridized carbons (Fsp3) is 0.160. The smallest absolute Gasteiger partial charge is 0.257 e. The SMILES string of the molecule is CCCOc1ccc(C(=O)NC(=S)Nc2ccc(-c3nc4ccc(C)cc4s3)cc2)cc1. The Morgan fingerprint density at radius 3 is 2.53 bits per heavy atom. The van der Waals surface area contributed by atoms with Crippen LogP contribution in [-0.2, 0) is 0 Å². The minimum absolute atomic E-state index is 0.240. The molecule has 0 unspecified atom stereocenters. The molecular formula is C25H23N3O2S2. The molecule has 0 saturated heterocycles. The van der Waals surface area contributed by atoms with E-state index in [-0.39, 0.29) is 11.0 Å². The number of amides is 1. The topological polar surface area (TPSA) is 63.2 Å². The number of aromatic nitrogens is 1. The molecule has 7 heteroatoms. The highest BCUT2D eigenvalue weighted by Crippen LogP contribution is 2.31. The van der Waals surface area contributed by atoms with E-state index in [0.717, 1.165) is 33.9 Å². The van der Waals surface area contributed by atoms with Crippen molar-refractivity contribution >= 4 is 50.5 Å². The van der Waals surface area contributed by atoms with E-state index in [1.165, 1.54) is 10.3 Å². The van der Waals surface area contributed by atoms with Crippen LogP contribution in [0.3, 0.4) is 0 Å². The van der Waals surface area contributed by atoms with Gasteiger partial charge in [0.15, 0.2) is 5.11 Å². The van der Waals surface area contributed by atoms with Gasteiger partial charge in [0.05, 0.1) is 16.8 Å². The molecule has 2 N–H and O–H groups in total. The number of thiocarbonyl (C=S) groups is 1. The van der Waals surface area contributed by atoms with Crippen LogP contribution in [0.2, 0.25) is 0 Å². The summed E-state index contributed by atoms with van der Waals surface area (Å²) < 4.78 is 6.72. The number of nitrogens with one attached hydrogen (secondary N) is 2. The van der Waals surface area contributed by atoms with Crippen LogP contribution >= 0.6 is 23.6 Å². The van der Waals surface area contributed by atoms with Crippen LogP contribution in [0, 0.1) is 6.92 Å². The molecule has 1 amide bonds. The number of rotatable bonds is 6.